The zero-order valence-electron chi connectivity index (χ0n) is 14.0. The Morgan fingerprint density at radius 2 is 1.96 bits per heavy atom. The maximum absolute atomic E-state index is 11.9. The molecule has 0 bridgehead atoms. The Morgan fingerprint density at radius 3 is 2.65 bits per heavy atom. The summed E-state index contributed by atoms with van der Waals surface area (Å²) in [5.41, 5.74) is 4.34. The van der Waals surface area contributed by atoms with Gasteiger partial charge in [-0.3, -0.25) is 9.59 Å². The zero-order chi connectivity index (χ0) is 18.9. The van der Waals surface area contributed by atoms with Crippen molar-refractivity contribution in [3.05, 3.63) is 58.1 Å². The van der Waals surface area contributed by atoms with Crippen molar-refractivity contribution in [2.75, 3.05) is 11.9 Å². The van der Waals surface area contributed by atoms with Gasteiger partial charge in [0.2, 0.25) is 0 Å². The summed E-state index contributed by atoms with van der Waals surface area (Å²) in [7, 11) is 0. The highest BCUT2D eigenvalue weighted by Crippen LogP contribution is 2.21. The van der Waals surface area contributed by atoms with Gasteiger partial charge in [-0.15, -0.1) is 6.42 Å². The van der Waals surface area contributed by atoms with Crippen LogP contribution in [-0.4, -0.2) is 24.6 Å². The summed E-state index contributed by atoms with van der Waals surface area (Å²) in [4.78, 5) is 23.7. The van der Waals surface area contributed by atoms with Gasteiger partial charge in [-0.2, -0.15) is 5.10 Å². The van der Waals surface area contributed by atoms with E-state index in [1.165, 1.54) is 6.21 Å². The van der Waals surface area contributed by atoms with Crippen LogP contribution in [0.5, 0.6) is 5.75 Å². The fraction of sp³-hybridized carbons (Fsp3) is 0.105. The van der Waals surface area contributed by atoms with Gasteiger partial charge >= 0.3 is 11.8 Å². The molecule has 0 spiro atoms. The van der Waals surface area contributed by atoms with Crippen LogP contribution < -0.4 is 15.5 Å². The van der Waals surface area contributed by atoms with Crippen LogP contribution in [0.2, 0.25) is 0 Å². The van der Waals surface area contributed by atoms with Crippen molar-refractivity contribution < 1.29 is 14.3 Å². The Bertz CT molecular complexity index is 871. The van der Waals surface area contributed by atoms with Crippen molar-refractivity contribution in [3.8, 4) is 18.1 Å². The third-order valence-corrected chi connectivity index (χ3v) is 3.66. The molecule has 0 aliphatic rings. The van der Waals surface area contributed by atoms with E-state index in [0.29, 0.717) is 17.0 Å². The van der Waals surface area contributed by atoms with E-state index < -0.39 is 11.8 Å². The van der Waals surface area contributed by atoms with Crippen LogP contribution in [0.4, 0.5) is 5.69 Å². The van der Waals surface area contributed by atoms with Crippen LogP contribution in [0, 0.1) is 19.3 Å². The summed E-state index contributed by atoms with van der Waals surface area (Å²) in [6, 6.07) is 12.3. The minimum Gasteiger partial charge on any atom is -0.480 e. The number of nitrogens with one attached hydrogen (secondary N) is 2. The number of hydrazone groups is 1. The lowest BCUT2D eigenvalue weighted by atomic mass is 10.2. The van der Waals surface area contributed by atoms with Crippen LogP contribution >= 0.6 is 15.9 Å². The molecule has 0 aliphatic carbocycles. The fourth-order valence-corrected chi connectivity index (χ4v) is 2.29. The van der Waals surface area contributed by atoms with Gasteiger partial charge in [-0.25, -0.2) is 5.43 Å². The summed E-state index contributed by atoms with van der Waals surface area (Å²) in [5.74, 6) is 1.18. The number of nitrogens with zero attached hydrogens (tertiary/aromatic N) is 1. The molecule has 26 heavy (non-hydrogen) atoms. The number of benzene rings is 2. The van der Waals surface area contributed by atoms with Gasteiger partial charge in [-0.1, -0.05) is 39.5 Å². The molecule has 0 aliphatic heterocycles. The molecule has 0 atom stereocenters. The first kappa shape index (κ1) is 19.2. The Kier molecular flexibility index (Phi) is 6.94. The van der Waals surface area contributed by atoms with Crippen LogP contribution in [0.25, 0.3) is 0 Å². The smallest absolute Gasteiger partial charge is 0.329 e. The monoisotopic (exact) mass is 413 g/mol. The quantitative estimate of drug-likeness (QED) is 0.342. The predicted octanol–water partition coefficient (Wildman–Crippen LogP) is 2.86. The number of rotatable bonds is 5. The average molecular weight is 414 g/mol. The second-order valence-corrected chi connectivity index (χ2v) is 6.11. The topological polar surface area (TPSA) is 79.8 Å². The minimum atomic E-state index is -0.886. The molecule has 2 N–H and O–H groups in total. The Hall–Kier alpha value is -3.11. The zero-order valence-corrected chi connectivity index (χ0v) is 15.5. The minimum absolute atomic E-state index is 0.105. The number of hydrogen-bond acceptors (Lipinski definition) is 4. The number of halogens is 1. The summed E-state index contributed by atoms with van der Waals surface area (Å²) < 4.78 is 6.20. The first-order valence-corrected chi connectivity index (χ1v) is 8.36. The summed E-state index contributed by atoms with van der Waals surface area (Å²) >= 11 is 3.34. The van der Waals surface area contributed by atoms with E-state index in [4.69, 9.17) is 11.2 Å². The normalized spacial score (nSPS) is 10.2. The van der Waals surface area contributed by atoms with E-state index in [2.05, 4.69) is 37.7 Å². The summed E-state index contributed by atoms with van der Waals surface area (Å²) in [6.07, 6.45) is 6.55. The highest BCUT2D eigenvalue weighted by atomic mass is 79.9. The van der Waals surface area contributed by atoms with E-state index >= 15 is 0 Å². The van der Waals surface area contributed by atoms with Gasteiger partial charge in [-0.05, 0) is 37.3 Å². The van der Waals surface area contributed by atoms with Crippen molar-refractivity contribution in [1.29, 1.82) is 0 Å². The van der Waals surface area contributed by atoms with Gasteiger partial charge in [0, 0.05) is 15.7 Å². The lowest BCUT2D eigenvalue weighted by molar-refractivity contribution is -0.136. The number of hydrogen-bond donors (Lipinski definition) is 2. The lowest BCUT2D eigenvalue weighted by Gasteiger charge is -2.07. The van der Waals surface area contributed by atoms with Gasteiger partial charge < -0.3 is 10.1 Å². The number of aryl methyl sites for hydroxylation is 1. The number of amides is 2. The molecule has 2 amide bonds. The highest BCUT2D eigenvalue weighted by Gasteiger charge is 2.12. The van der Waals surface area contributed by atoms with Gasteiger partial charge in [0.05, 0.1) is 6.21 Å². The van der Waals surface area contributed by atoms with Crippen LogP contribution in [0.3, 0.4) is 0 Å². The van der Waals surface area contributed by atoms with Crippen molar-refractivity contribution in [1.82, 2.24) is 5.43 Å². The van der Waals surface area contributed by atoms with E-state index in [1.807, 2.05) is 19.1 Å². The number of carbonyl (C=O) groups is 2. The SMILES string of the molecule is C#CCOc1ccc(Br)cc1/C=N/NC(=O)C(=O)Nc1ccc(C)cc1. The van der Waals surface area contributed by atoms with Crippen molar-refractivity contribution in [2.24, 2.45) is 5.10 Å². The number of anilines is 1. The average Bonchev–Trinajstić information content (AvgIpc) is 2.62. The third-order valence-electron chi connectivity index (χ3n) is 3.17. The van der Waals surface area contributed by atoms with Crippen molar-refractivity contribution >= 4 is 39.6 Å². The molecule has 0 saturated heterocycles. The maximum atomic E-state index is 11.9. The summed E-state index contributed by atoms with van der Waals surface area (Å²) in [5, 5.41) is 6.28. The first-order valence-electron chi connectivity index (χ1n) is 7.56. The molecule has 0 fully saturated rings. The molecular weight excluding hydrogens is 398 g/mol. The van der Waals surface area contributed by atoms with Crippen molar-refractivity contribution in [2.45, 2.75) is 6.92 Å². The van der Waals surface area contributed by atoms with Gasteiger partial charge in [0.1, 0.15) is 12.4 Å². The van der Waals surface area contributed by atoms with E-state index in [-0.39, 0.29) is 6.61 Å². The molecule has 132 valence electrons. The molecule has 7 heteroatoms. The Balaban J connectivity index is 1.98. The summed E-state index contributed by atoms with van der Waals surface area (Å²) in [6.45, 7) is 2.03. The number of ether oxygens (including phenoxy) is 1. The molecule has 2 rings (SSSR count). The van der Waals surface area contributed by atoms with Gasteiger partial charge in [0.15, 0.2) is 0 Å². The van der Waals surface area contributed by atoms with E-state index in [1.54, 1.807) is 30.3 Å². The molecule has 2 aromatic rings. The Morgan fingerprint density at radius 1 is 1.23 bits per heavy atom. The van der Waals surface area contributed by atoms with Crippen molar-refractivity contribution in [3.63, 3.8) is 0 Å². The van der Waals surface area contributed by atoms with Crippen LogP contribution in [0.15, 0.2) is 52.0 Å². The second-order valence-electron chi connectivity index (χ2n) is 5.19. The first-order chi connectivity index (χ1) is 12.5. The number of terminal acetylenes is 1. The number of carbonyl (C=O) groups excluding carboxylic acids is 2. The maximum Gasteiger partial charge on any atom is 0.329 e. The molecule has 2 aromatic carbocycles. The standard InChI is InChI=1S/C19H16BrN3O3/c1-3-10-26-17-9-6-15(20)11-14(17)12-21-23-19(25)18(24)22-16-7-4-13(2)5-8-16/h1,4-9,11-12H,10H2,2H3,(H,22,24)(H,23,25)/b21-12+. The third kappa shape index (κ3) is 5.76. The van der Waals surface area contributed by atoms with Crippen LogP contribution in [0.1, 0.15) is 11.1 Å². The van der Waals surface area contributed by atoms with E-state index in [0.717, 1.165) is 10.0 Å². The molecular formula is C19H16BrN3O3. The molecule has 0 aromatic heterocycles. The lowest BCUT2D eigenvalue weighted by Crippen LogP contribution is -2.32. The van der Waals surface area contributed by atoms with Gasteiger partial charge in [0.25, 0.3) is 0 Å². The largest absolute Gasteiger partial charge is 0.480 e. The van der Waals surface area contributed by atoms with E-state index in [9.17, 15) is 9.59 Å². The molecule has 0 radical (unpaired) electrons. The highest BCUT2D eigenvalue weighted by molar-refractivity contribution is 9.10. The molecule has 0 saturated carbocycles. The fourth-order valence-electron chi connectivity index (χ4n) is 1.91. The molecule has 6 nitrogen and oxygen atoms in total. The Labute approximate surface area is 159 Å². The second kappa shape index (κ2) is 9.39. The molecule has 0 heterocycles. The van der Waals surface area contributed by atoms with Crippen LogP contribution in [-0.2, 0) is 9.59 Å². The predicted molar refractivity (Wildman–Crippen MR) is 104 cm³/mol. The molecule has 0 unspecified atom stereocenters.